The van der Waals surface area contributed by atoms with E-state index >= 15 is 0 Å². The number of carbonyl (C=O) groups is 1. The van der Waals surface area contributed by atoms with Crippen molar-refractivity contribution in [2.45, 2.75) is 26.2 Å². The van der Waals surface area contributed by atoms with Crippen molar-refractivity contribution in [1.29, 1.82) is 0 Å². The number of anilines is 1. The summed E-state index contributed by atoms with van der Waals surface area (Å²) in [7, 11) is 0. The number of rotatable bonds is 4. The topological polar surface area (TPSA) is 75.5 Å². The van der Waals surface area contributed by atoms with Gasteiger partial charge in [0.2, 0.25) is 0 Å². The summed E-state index contributed by atoms with van der Waals surface area (Å²) < 4.78 is 0. The molecular formula is C14H19N3O3. The van der Waals surface area contributed by atoms with Gasteiger partial charge in [-0.2, -0.15) is 0 Å². The molecular weight excluding hydrogens is 258 g/mol. The second-order valence-corrected chi connectivity index (χ2v) is 4.87. The van der Waals surface area contributed by atoms with E-state index in [-0.39, 0.29) is 11.6 Å². The van der Waals surface area contributed by atoms with E-state index in [9.17, 15) is 14.9 Å². The Labute approximate surface area is 117 Å². The molecule has 6 nitrogen and oxygen atoms in total. The lowest BCUT2D eigenvalue weighted by atomic mass is 10.1. The van der Waals surface area contributed by atoms with Crippen molar-refractivity contribution in [3.05, 3.63) is 33.9 Å². The maximum atomic E-state index is 12.3. The van der Waals surface area contributed by atoms with Gasteiger partial charge < -0.3 is 10.2 Å². The molecule has 1 aliphatic heterocycles. The largest absolute Gasteiger partial charge is 0.380 e. The van der Waals surface area contributed by atoms with Gasteiger partial charge in [-0.3, -0.25) is 14.9 Å². The molecule has 1 fully saturated rings. The second-order valence-electron chi connectivity index (χ2n) is 4.87. The number of amides is 1. The van der Waals surface area contributed by atoms with E-state index in [1.807, 2.05) is 6.92 Å². The van der Waals surface area contributed by atoms with E-state index in [1.54, 1.807) is 17.0 Å². The molecule has 1 aromatic carbocycles. The van der Waals surface area contributed by atoms with Crippen LogP contribution in [0.3, 0.4) is 0 Å². The first-order chi connectivity index (χ1) is 9.63. The predicted octanol–water partition coefficient (Wildman–Crippen LogP) is 2.65. The molecule has 1 aliphatic rings. The second kappa shape index (κ2) is 6.36. The first-order valence-corrected chi connectivity index (χ1v) is 6.95. The number of hydrogen-bond acceptors (Lipinski definition) is 4. The van der Waals surface area contributed by atoms with Gasteiger partial charge in [-0.15, -0.1) is 0 Å². The molecule has 2 rings (SSSR count). The highest BCUT2D eigenvalue weighted by Crippen LogP contribution is 2.26. The van der Waals surface area contributed by atoms with Gasteiger partial charge in [-0.1, -0.05) is 0 Å². The molecule has 0 atom stereocenters. The third-order valence-corrected chi connectivity index (χ3v) is 3.45. The average Bonchev–Trinajstić information content (AvgIpc) is 2.48. The molecule has 0 unspecified atom stereocenters. The molecule has 0 aromatic heterocycles. The van der Waals surface area contributed by atoms with Gasteiger partial charge >= 0.3 is 0 Å². The van der Waals surface area contributed by atoms with Crippen LogP contribution in [0, 0.1) is 10.1 Å². The van der Waals surface area contributed by atoms with Crippen molar-refractivity contribution in [1.82, 2.24) is 4.90 Å². The molecule has 20 heavy (non-hydrogen) atoms. The van der Waals surface area contributed by atoms with Gasteiger partial charge in [0, 0.05) is 31.3 Å². The van der Waals surface area contributed by atoms with Gasteiger partial charge in [0.05, 0.1) is 4.92 Å². The lowest BCUT2D eigenvalue weighted by molar-refractivity contribution is -0.384. The summed E-state index contributed by atoms with van der Waals surface area (Å²) in [6, 6.07) is 4.63. The van der Waals surface area contributed by atoms with Crippen LogP contribution in [0.15, 0.2) is 18.2 Å². The predicted molar refractivity (Wildman–Crippen MR) is 77.0 cm³/mol. The van der Waals surface area contributed by atoms with Crippen molar-refractivity contribution < 1.29 is 9.72 Å². The third-order valence-electron chi connectivity index (χ3n) is 3.45. The molecule has 1 aromatic rings. The summed E-state index contributed by atoms with van der Waals surface area (Å²) >= 11 is 0. The monoisotopic (exact) mass is 277 g/mol. The lowest BCUT2D eigenvalue weighted by Gasteiger charge is -2.26. The smallest absolute Gasteiger partial charge is 0.293 e. The average molecular weight is 277 g/mol. The van der Waals surface area contributed by atoms with E-state index in [2.05, 4.69) is 5.32 Å². The van der Waals surface area contributed by atoms with Gasteiger partial charge in [0.1, 0.15) is 5.69 Å². The minimum Gasteiger partial charge on any atom is -0.380 e. The molecule has 1 N–H and O–H groups in total. The van der Waals surface area contributed by atoms with Crippen LogP contribution in [0.25, 0.3) is 0 Å². The maximum Gasteiger partial charge on any atom is 0.293 e. The zero-order valence-corrected chi connectivity index (χ0v) is 11.6. The Morgan fingerprint density at radius 3 is 2.65 bits per heavy atom. The number of nitro benzene ring substituents is 1. The fourth-order valence-electron chi connectivity index (χ4n) is 2.44. The molecule has 0 radical (unpaired) electrons. The van der Waals surface area contributed by atoms with Crippen molar-refractivity contribution in [2.24, 2.45) is 0 Å². The molecule has 6 heteroatoms. The summed E-state index contributed by atoms with van der Waals surface area (Å²) in [6.07, 6.45) is 3.15. The van der Waals surface area contributed by atoms with Crippen LogP contribution < -0.4 is 5.32 Å². The molecule has 108 valence electrons. The van der Waals surface area contributed by atoms with Crippen molar-refractivity contribution >= 4 is 17.3 Å². The highest BCUT2D eigenvalue weighted by molar-refractivity contribution is 5.95. The SMILES string of the molecule is CCNc1ccc(C(=O)N2CCCCC2)cc1[N+](=O)[O-]. The Hall–Kier alpha value is -2.11. The van der Waals surface area contributed by atoms with Crippen molar-refractivity contribution in [3.8, 4) is 0 Å². The minimum atomic E-state index is -0.453. The number of nitrogens with zero attached hydrogens (tertiary/aromatic N) is 2. The third kappa shape index (κ3) is 3.07. The number of nitrogens with one attached hydrogen (secondary N) is 1. The molecule has 0 bridgehead atoms. The van der Waals surface area contributed by atoms with Crippen molar-refractivity contribution in [3.63, 3.8) is 0 Å². The van der Waals surface area contributed by atoms with Crippen molar-refractivity contribution in [2.75, 3.05) is 25.0 Å². The summed E-state index contributed by atoms with van der Waals surface area (Å²) in [5, 5.41) is 14.0. The summed E-state index contributed by atoms with van der Waals surface area (Å²) in [5.41, 5.74) is 0.794. The van der Waals surface area contributed by atoms with Gasteiger partial charge in [0.25, 0.3) is 11.6 Å². The van der Waals surface area contributed by atoms with Gasteiger partial charge in [0.15, 0.2) is 0 Å². The number of nitro groups is 1. The maximum absolute atomic E-state index is 12.3. The van der Waals surface area contributed by atoms with Crippen LogP contribution in [0.4, 0.5) is 11.4 Å². The number of hydrogen-bond donors (Lipinski definition) is 1. The first kappa shape index (κ1) is 14.3. The standard InChI is InChI=1S/C14H19N3O3/c1-2-15-12-7-6-11(10-13(12)17(19)20)14(18)16-8-4-3-5-9-16/h6-7,10,15H,2-5,8-9H2,1H3. The first-order valence-electron chi connectivity index (χ1n) is 6.95. The number of likely N-dealkylation sites (tertiary alicyclic amines) is 1. The van der Waals surface area contributed by atoms with Gasteiger partial charge in [-0.25, -0.2) is 0 Å². The number of benzene rings is 1. The number of carbonyl (C=O) groups excluding carboxylic acids is 1. The fourth-order valence-corrected chi connectivity index (χ4v) is 2.44. The fraction of sp³-hybridized carbons (Fsp3) is 0.500. The van der Waals surface area contributed by atoms with E-state index in [0.717, 1.165) is 32.4 Å². The summed E-state index contributed by atoms with van der Waals surface area (Å²) in [5.74, 6) is -0.115. The summed E-state index contributed by atoms with van der Waals surface area (Å²) in [4.78, 5) is 24.7. The summed E-state index contributed by atoms with van der Waals surface area (Å²) in [6.45, 7) is 3.94. The Balaban J connectivity index is 2.25. The number of piperidine rings is 1. The van der Waals surface area contributed by atoms with Crippen LogP contribution in [-0.2, 0) is 0 Å². The van der Waals surface area contributed by atoms with Crippen LogP contribution in [0.5, 0.6) is 0 Å². The van der Waals surface area contributed by atoms with E-state index < -0.39 is 4.92 Å². The molecule has 0 saturated carbocycles. The molecule has 1 heterocycles. The molecule has 1 saturated heterocycles. The normalized spacial score (nSPS) is 14.9. The minimum absolute atomic E-state index is 0.0466. The van der Waals surface area contributed by atoms with Crippen LogP contribution in [-0.4, -0.2) is 35.4 Å². The van der Waals surface area contributed by atoms with Crippen LogP contribution >= 0.6 is 0 Å². The van der Waals surface area contributed by atoms with Crippen LogP contribution in [0.1, 0.15) is 36.5 Å². The molecule has 0 spiro atoms. The Morgan fingerprint density at radius 1 is 1.35 bits per heavy atom. The van der Waals surface area contributed by atoms with E-state index in [0.29, 0.717) is 17.8 Å². The highest BCUT2D eigenvalue weighted by Gasteiger charge is 2.22. The van der Waals surface area contributed by atoms with E-state index in [4.69, 9.17) is 0 Å². The Kier molecular flexibility index (Phi) is 4.55. The Bertz CT molecular complexity index is 510. The highest BCUT2D eigenvalue weighted by atomic mass is 16.6. The zero-order chi connectivity index (χ0) is 14.5. The van der Waals surface area contributed by atoms with E-state index in [1.165, 1.54) is 6.07 Å². The zero-order valence-electron chi connectivity index (χ0n) is 11.6. The van der Waals surface area contributed by atoms with Gasteiger partial charge in [-0.05, 0) is 38.3 Å². The lowest BCUT2D eigenvalue weighted by Crippen LogP contribution is -2.35. The van der Waals surface area contributed by atoms with Crippen LogP contribution in [0.2, 0.25) is 0 Å². The molecule has 0 aliphatic carbocycles. The quantitative estimate of drug-likeness (QED) is 0.678. The Morgan fingerprint density at radius 2 is 2.05 bits per heavy atom. The molecule has 1 amide bonds.